The number of rotatable bonds is 4. The third-order valence-corrected chi connectivity index (χ3v) is 2.03. The van der Waals surface area contributed by atoms with E-state index in [1.54, 1.807) is 30.3 Å². The Bertz CT molecular complexity index is 373. The van der Waals surface area contributed by atoms with Crippen LogP contribution in [0.15, 0.2) is 35.3 Å². The van der Waals surface area contributed by atoms with Gasteiger partial charge in [-0.2, -0.15) is 0 Å². The van der Waals surface area contributed by atoms with Gasteiger partial charge in [0.2, 0.25) is 0 Å². The van der Waals surface area contributed by atoms with Crippen LogP contribution in [-0.4, -0.2) is 23.7 Å². The predicted octanol–water partition coefficient (Wildman–Crippen LogP) is 1.47. The van der Waals surface area contributed by atoms with Crippen LogP contribution in [0, 0.1) is 0 Å². The smallest absolute Gasteiger partial charge is 0.304 e. The molecule has 4 nitrogen and oxygen atoms in total. The lowest BCUT2D eigenvalue weighted by molar-refractivity contribution is -0.139. The Labute approximate surface area is 87.3 Å². The Morgan fingerprint density at radius 1 is 1.33 bits per heavy atom. The number of aliphatic imine (C=N–C) groups is 1. The molecule has 0 fully saturated rings. The number of carbonyl (C=O) groups excluding carboxylic acids is 1. The van der Waals surface area contributed by atoms with Gasteiger partial charge in [-0.1, -0.05) is 30.3 Å². The minimum Gasteiger partial charge on any atom is -0.481 e. The fourth-order valence-corrected chi connectivity index (χ4v) is 1.32. The first-order chi connectivity index (χ1) is 7.15. The standard InChI is InChI=1S/C11H11NO3/c1-12-11(15)9(7-10(13)14)8-5-3-2-4-6-8/h2-6,9H,1,7H2,(H,13,14)/t9-/m0/s1. The van der Waals surface area contributed by atoms with E-state index < -0.39 is 17.8 Å². The van der Waals surface area contributed by atoms with E-state index in [0.717, 1.165) is 0 Å². The highest BCUT2D eigenvalue weighted by molar-refractivity contribution is 5.90. The zero-order valence-electron chi connectivity index (χ0n) is 8.09. The van der Waals surface area contributed by atoms with Gasteiger partial charge < -0.3 is 5.11 Å². The first kappa shape index (κ1) is 11.1. The lowest BCUT2D eigenvalue weighted by Crippen LogP contribution is -2.14. The van der Waals surface area contributed by atoms with Crippen molar-refractivity contribution in [1.82, 2.24) is 0 Å². The van der Waals surface area contributed by atoms with E-state index in [4.69, 9.17) is 5.11 Å². The van der Waals surface area contributed by atoms with Crippen molar-refractivity contribution in [3.05, 3.63) is 35.9 Å². The molecule has 0 saturated carbocycles. The van der Waals surface area contributed by atoms with Gasteiger partial charge in [-0.05, 0) is 12.3 Å². The van der Waals surface area contributed by atoms with Crippen molar-refractivity contribution in [3.63, 3.8) is 0 Å². The van der Waals surface area contributed by atoms with Gasteiger partial charge in [-0.3, -0.25) is 9.59 Å². The third-order valence-electron chi connectivity index (χ3n) is 2.03. The number of amides is 1. The maximum Gasteiger partial charge on any atom is 0.304 e. The molecule has 0 bridgehead atoms. The summed E-state index contributed by atoms with van der Waals surface area (Å²) in [5.41, 5.74) is 0.650. The Balaban J connectivity index is 2.96. The Hall–Kier alpha value is -1.97. The monoisotopic (exact) mass is 205 g/mol. The molecule has 0 aliphatic heterocycles. The fraction of sp³-hybridized carbons (Fsp3) is 0.182. The summed E-state index contributed by atoms with van der Waals surface area (Å²) in [6, 6.07) is 8.71. The van der Waals surface area contributed by atoms with Crippen LogP contribution in [0.5, 0.6) is 0 Å². The molecule has 1 atom stereocenters. The largest absolute Gasteiger partial charge is 0.481 e. The lowest BCUT2D eigenvalue weighted by Gasteiger charge is -2.10. The predicted molar refractivity (Wildman–Crippen MR) is 56.0 cm³/mol. The highest BCUT2D eigenvalue weighted by Gasteiger charge is 2.22. The molecule has 0 heterocycles. The molecule has 0 unspecified atom stereocenters. The van der Waals surface area contributed by atoms with Gasteiger partial charge in [0, 0.05) is 0 Å². The second-order valence-corrected chi connectivity index (χ2v) is 3.06. The maximum absolute atomic E-state index is 11.4. The van der Waals surface area contributed by atoms with Crippen molar-refractivity contribution >= 4 is 18.6 Å². The highest BCUT2D eigenvalue weighted by Crippen LogP contribution is 2.20. The highest BCUT2D eigenvalue weighted by atomic mass is 16.4. The van der Waals surface area contributed by atoms with Crippen molar-refractivity contribution < 1.29 is 14.7 Å². The number of hydrogen-bond donors (Lipinski definition) is 1. The van der Waals surface area contributed by atoms with Gasteiger partial charge >= 0.3 is 5.97 Å². The van der Waals surface area contributed by atoms with Crippen LogP contribution in [0.1, 0.15) is 17.9 Å². The average molecular weight is 205 g/mol. The molecule has 0 aliphatic rings. The van der Waals surface area contributed by atoms with E-state index in [9.17, 15) is 9.59 Å². The molecule has 0 radical (unpaired) electrons. The molecule has 78 valence electrons. The number of hydrogen-bond acceptors (Lipinski definition) is 2. The van der Waals surface area contributed by atoms with E-state index in [0.29, 0.717) is 5.56 Å². The Kier molecular flexibility index (Phi) is 3.74. The minimum absolute atomic E-state index is 0.262. The number of aliphatic carboxylic acids is 1. The maximum atomic E-state index is 11.4. The summed E-state index contributed by atoms with van der Waals surface area (Å²) >= 11 is 0. The quantitative estimate of drug-likeness (QED) is 0.757. The fourth-order valence-electron chi connectivity index (χ4n) is 1.32. The molecular weight excluding hydrogens is 194 g/mol. The molecule has 0 saturated heterocycles. The van der Waals surface area contributed by atoms with Crippen LogP contribution in [0.3, 0.4) is 0 Å². The van der Waals surface area contributed by atoms with Crippen LogP contribution >= 0.6 is 0 Å². The zero-order valence-corrected chi connectivity index (χ0v) is 8.09. The first-order valence-electron chi connectivity index (χ1n) is 4.42. The topological polar surface area (TPSA) is 66.7 Å². The molecule has 1 N–H and O–H groups in total. The van der Waals surface area contributed by atoms with Crippen molar-refractivity contribution in [3.8, 4) is 0 Å². The third kappa shape index (κ3) is 3.02. The Morgan fingerprint density at radius 3 is 2.40 bits per heavy atom. The summed E-state index contributed by atoms with van der Waals surface area (Å²) in [4.78, 5) is 25.2. The van der Waals surface area contributed by atoms with Crippen molar-refractivity contribution in [2.24, 2.45) is 4.99 Å². The summed E-state index contributed by atoms with van der Waals surface area (Å²) in [5, 5.41) is 8.68. The van der Waals surface area contributed by atoms with Gasteiger partial charge in [0.05, 0.1) is 12.3 Å². The summed E-state index contributed by atoms with van der Waals surface area (Å²) in [6.45, 7) is 3.12. The molecule has 1 rings (SSSR count). The molecule has 0 spiro atoms. The minimum atomic E-state index is -1.03. The summed E-state index contributed by atoms with van der Waals surface area (Å²) in [7, 11) is 0. The number of carboxylic acid groups (broad SMARTS) is 1. The van der Waals surface area contributed by atoms with Crippen molar-refractivity contribution in [2.75, 3.05) is 0 Å². The van der Waals surface area contributed by atoms with E-state index in [1.165, 1.54) is 0 Å². The average Bonchev–Trinajstić information content (AvgIpc) is 2.26. The Morgan fingerprint density at radius 2 is 1.93 bits per heavy atom. The van der Waals surface area contributed by atoms with E-state index in [1.807, 2.05) is 0 Å². The van der Waals surface area contributed by atoms with Gasteiger partial charge in [-0.25, -0.2) is 4.99 Å². The van der Waals surface area contributed by atoms with Gasteiger partial charge in [0.25, 0.3) is 5.91 Å². The van der Waals surface area contributed by atoms with E-state index >= 15 is 0 Å². The number of carbonyl (C=O) groups is 2. The van der Waals surface area contributed by atoms with E-state index in [2.05, 4.69) is 11.7 Å². The number of nitrogens with zero attached hydrogens (tertiary/aromatic N) is 1. The van der Waals surface area contributed by atoms with Crippen LogP contribution < -0.4 is 0 Å². The second kappa shape index (κ2) is 5.05. The van der Waals surface area contributed by atoms with Crippen LogP contribution in [0.25, 0.3) is 0 Å². The number of benzene rings is 1. The molecule has 1 aromatic carbocycles. The lowest BCUT2D eigenvalue weighted by atomic mass is 9.95. The normalized spacial score (nSPS) is 11.7. The van der Waals surface area contributed by atoms with Crippen LogP contribution in [0.4, 0.5) is 0 Å². The second-order valence-electron chi connectivity index (χ2n) is 3.06. The molecule has 1 amide bonds. The molecule has 0 aliphatic carbocycles. The molecule has 0 aromatic heterocycles. The first-order valence-corrected chi connectivity index (χ1v) is 4.42. The molecule has 4 heteroatoms. The SMILES string of the molecule is C=NC(=O)[C@@H](CC(=O)O)c1ccccc1. The molecule has 15 heavy (non-hydrogen) atoms. The summed E-state index contributed by atoms with van der Waals surface area (Å²) < 4.78 is 0. The van der Waals surface area contributed by atoms with Gasteiger partial charge in [-0.15, -0.1) is 0 Å². The summed E-state index contributed by atoms with van der Waals surface area (Å²) in [5.74, 6) is -2.27. The molecular formula is C11H11NO3. The molecule has 1 aromatic rings. The van der Waals surface area contributed by atoms with Crippen molar-refractivity contribution in [2.45, 2.75) is 12.3 Å². The van der Waals surface area contributed by atoms with E-state index in [-0.39, 0.29) is 6.42 Å². The van der Waals surface area contributed by atoms with Gasteiger partial charge in [0.1, 0.15) is 0 Å². The van der Waals surface area contributed by atoms with Gasteiger partial charge in [0.15, 0.2) is 0 Å². The van der Waals surface area contributed by atoms with Crippen molar-refractivity contribution in [1.29, 1.82) is 0 Å². The van der Waals surface area contributed by atoms with Crippen LogP contribution in [-0.2, 0) is 9.59 Å². The zero-order chi connectivity index (χ0) is 11.3. The number of carboxylic acids is 1. The van der Waals surface area contributed by atoms with Crippen LogP contribution in [0.2, 0.25) is 0 Å². The summed E-state index contributed by atoms with van der Waals surface area (Å²) in [6.07, 6.45) is -0.262.